The van der Waals surface area contributed by atoms with Crippen molar-refractivity contribution in [3.05, 3.63) is 0 Å². The lowest BCUT2D eigenvalue weighted by molar-refractivity contribution is -0.122. The molecule has 1 amide bonds. The fraction of sp³-hybridized carbons (Fsp3) is 0.929. The highest BCUT2D eigenvalue weighted by molar-refractivity contribution is 5.83. The Bertz CT molecular complexity index is 266. The summed E-state index contributed by atoms with van der Waals surface area (Å²) in [5.41, 5.74) is 10.3. The van der Waals surface area contributed by atoms with Gasteiger partial charge in [-0.05, 0) is 71.0 Å². The van der Waals surface area contributed by atoms with Crippen molar-refractivity contribution in [1.82, 2.24) is 4.90 Å². The predicted molar refractivity (Wildman–Crippen MR) is 75.1 cm³/mol. The van der Waals surface area contributed by atoms with Gasteiger partial charge in [0.05, 0.1) is 5.54 Å². The molecule has 4 heteroatoms. The Kier molecular flexibility index (Phi) is 6.09. The highest BCUT2D eigenvalue weighted by Gasteiger charge is 2.24. The van der Waals surface area contributed by atoms with E-state index in [1.807, 2.05) is 0 Å². The summed E-state index contributed by atoms with van der Waals surface area (Å²) in [5.74, 6) is 0.475. The Morgan fingerprint density at radius 3 is 2.72 bits per heavy atom. The number of unbranched alkanes of at least 4 members (excludes halogenated alkanes) is 1. The predicted octanol–water partition coefficient (Wildman–Crippen LogP) is 1.48. The number of nitrogens with zero attached hydrogens (tertiary/aromatic N) is 1. The van der Waals surface area contributed by atoms with Crippen molar-refractivity contribution >= 4 is 5.91 Å². The Morgan fingerprint density at radius 2 is 2.06 bits per heavy atom. The summed E-state index contributed by atoms with van der Waals surface area (Å²) in [4.78, 5) is 13.6. The van der Waals surface area contributed by atoms with Gasteiger partial charge in [-0.25, -0.2) is 0 Å². The molecule has 0 radical (unpaired) electrons. The largest absolute Gasteiger partial charge is 0.368 e. The van der Waals surface area contributed by atoms with Gasteiger partial charge >= 0.3 is 0 Å². The van der Waals surface area contributed by atoms with Crippen molar-refractivity contribution in [1.29, 1.82) is 0 Å². The van der Waals surface area contributed by atoms with E-state index in [2.05, 4.69) is 11.8 Å². The van der Waals surface area contributed by atoms with Crippen LogP contribution in [0.2, 0.25) is 0 Å². The van der Waals surface area contributed by atoms with Gasteiger partial charge in [0.25, 0.3) is 0 Å². The molecule has 1 heterocycles. The maximum Gasteiger partial charge on any atom is 0.237 e. The lowest BCUT2D eigenvalue weighted by Crippen LogP contribution is -2.49. The molecule has 18 heavy (non-hydrogen) atoms. The third-order valence-electron chi connectivity index (χ3n) is 4.09. The van der Waals surface area contributed by atoms with E-state index in [0.29, 0.717) is 6.42 Å². The van der Waals surface area contributed by atoms with Crippen molar-refractivity contribution in [3.8, 4) is 0 Å². The molecule has 0 saturated carbocycles. The molecular weight excluding hydrogens is 226 g/mol. The second-order valence-electron chi connectivity index (χ2n) is 6.12. The maximum absolute atomic E-state index is 11.1. The smallest absolute Gasteiger partial charge is 0.237 e. The lowest BCUT2D eigenvalue weighted by Gasteiger charge is -2.22. The molecule has 1 rings (SSSR count). The highest BCUT2D eigenvalue weighted by atomic mass is 16.1. The standard InChI is InChI=1S/C14H29N3O/c1-12-6-5-10-17(11-7-12)9-4-3-8-14(2,16)13(15)18/h12H,3-11,16H2,1-2H3,(H2,15,18). The molecule has 0 aromatic heterocycles. The van der Waals surface area contributed by atoms with Crippen LogP contribution in [0.15, 0.2) is 0 Å². The normalized spacial score (nSPS) is 25.4. The van der Waals surface area contributed by atoms with Gasteiger partial charge in [0.2, 0.25) is 5.91 Å². The first-order valence-electron chi connectivity index (χ1n) is 7.23. The summed E-state index contributed by atoms with van der Waals surface area (Å²) in [5, 5.41) is 0. The van der Waals surface area contributed by atoms with Gasteiger partial charge in [-0.15, -0.1) is 0 Å². The van der Waals surface area contributed by atoms with E-state index in [0.717, 1.165) is 25.3 Å². The first kappa shape index (κ1) is 15.4. The number of hydrogen-bond acceptors (Lipinski definition) is 3. The molecule has 0 aliphatic carbocycles. The van der Waals surface area contributed by atoms with Crippen molar-refractivity contribution < 1.29 is 4.79 Å². The van der Waals surface area contributed by atoms with Crippen LogP contribution in [0.1, 0.15) is 52.4 Å². The molecular formula is C14H29N3O. The number of nitrogens with two attached hydrogens (primary N) is 2. The van der Waals surface area contributed by atoms with Crippen LogP contribution in [0.4, 0.5) is 0 Å². The van der Waals surface area contributed by atoms with E-state index in [1.54, 1.807) is 6.92 Å². The van der Waals surface area contributed by atoms with Crippen molar-refractivity contribution in [2.75, 3.05) is 19.6 Å². The maximum atomic E-state index is 11.1. The van der Waals surface area contributed by atoms with Crippen molar-refractivity contribution in [2.45, 2.75) is 57.9 Å². The summed E-state index contributed by atoms with van der Waals surface area (Å²) in [6.45, 7) is 7.64. The number of carbonyl (C=O) groups is 1. The monoisotopic (exact) mass is 255 g/mol. The molecule has 2 unspecified atom stereocenters. The molecule has 0 aromatic carbocycles. The zero-order chi connectivity index (χ0) is 13.6. The Morgan fingerprint density at radius 1 is 1.33 bits per heavy atom. The van der Waals surface area contributed by atoms with Gasteiger partial charge in [0.15, 0.2) is 0 Å². The lowest BCUT2D eigenvalue weighted by atomic mass is 9.95. The fourth-order valence-corrected chi connectivity index (χ4v) is 2.50. The van der Waals surface area contributed by atoms with Crippen molar-refractivity contribution in [2.24, 2.45) is 17.4 Å². The van der Waals surface area contributed by atoms with E-state index >= 15 is 0 Å². The van der Waals surface area contributed by atoms with Crippen molar-refractivity contribution in [3.63, 3.8) is 0 Å². The van der Waals surface area contributed by atoms with Gasteiger partial charge in [0, 0.05) is 0 Å². The minimum Gasteiger partial charge on any atom is -0.368 e. The topological polar surface area (TPSA) is 72.3 Å². The molecule has 1 saturated heterocycles. The number of rotatable bonds is 6. The molecule has 0 spiro atoms. The zero-order valence-corrected chi connectivity index (χ0v) is 12.0. The van der Waals surface area contributed by atoms with E-state index in [4.69, 9.17) is 11.5 Å². The summed E-state index contributed by atoms with van der Waals surface area (Å²) in [6, 6.07) is 0. The van der Waals surface area contributed by atoms with Gasteiger partial charge in [-0.3, -0.25) is 4.79 Å². The van der Waals surface area contributed by atoms with Crippen LogP contribution in [-0.2, 0) is 4.79 Å². The number of carbonyl (C=O) groups excluding carboxylic acids is 1. The second kappa shape index (κ2) is 7.10. The first-order chi connectivity index (χ1) is 8.42. The van der Waals surface area contributed by atoms with Crippen LogP contribution in [-0.4, -0.2) is 36.0 Å². The van der Waals surface area contributed by atoms with Crippen LogP contribution >= 0.6 is 0 Å². The summed E-state index contributed by atoms with van der Waals surface area (Å²) in [6.07, 6.45) is 6.76. The Balaban J connectivity index is 2.16. The van der Waals surface area contributed by atoms with E-state index in [9.17, 15) is 4.79 Å². The minimum atomic E-state index is -0.840. The average Bonchev–Trinajstić information content (AvgIpc) is 2.49. The molecule has 1 aliphatic rings. The Labute approximate surface area is 111 Å². The first-order valence-corrected chi connectivity index (χ1v) is 7.23. The molecule has 1 aliphatic heterocycles. The molecule has 0 aromatic rings. The van der Waals surface area contributed by atoms with E-state index in [-0.39, 0.29) is 0 Å². The van der Waals surface area contributed by atoms with Crippen LogP contribution in [0.5, 0.6) is 0 Å². The zero-order valence-electron chi connectivity index (χ0n) is 12.0. The van der Waals surface area contributed by atoms with Gasteiger partial charge < -0.3 is 16.4 Å². The SMILES string of the molecule is CC1CCCN(CCCCC(C)(N)C(N)=O)CC1. The summed E-state index contributed by atoms with van der Waals surface area (Å²) < 4.78 is 0. The van der Waals surface area contributed by atoms with Gasteiger partial charge in [-0.2, -0.15) is 0 Å². The third kappa shape index (κ3) is 5.36. The quantitative estimate of drug-likeness (QED) is 0.706. The molecule has 1 fully saturated rings. The average molecular weight is 255 g/mol. The van der Waals surface area contributed by atoms with Crippen LogP contribution < -0.4 is 11.5 Å². The van der Waals surface area contributed by atoms with Gasteiger partial charge in [0.1, 0.15) is 0 Å². The Hall–Kier alpha value is -0.610. The van der Waals surface area contributed by atoms with Crippen LogP contribution in [0.3, 0.4) is 0 Å². The van der Waals surface area contributed by atoms with Crippen LogP contribution in [0, 0.1) is 5.92 Å². The number of hydrogen-bond donors (Lipinski definition) is 2. The molecule has 4 N–H and O–H groups in total. The highest BCUT2D eigenvalue weighted by Crippen LogP contribution is 2.17. The minimum absolute atomic E-state index is 0.397. The van der Waals surface area contributed by atoms with Crippen LogP contribution in [0.25, 0.3) is 0 Å². The molecule has 0 bridgehead atoms. The van der Waals surface area contributed by atoms with Gasteiger partial charge in [-0.1, -0.05) is 6.92 Å². The second-order valence-corrected chi connectivity index (χ2v) is 6.12. The van der Waals surface area contributed by atoms with E-state index in [1.165, 1.54) is 32.4 Å². The number of primary amides is 1. The fourth-order valence-electron chi connectivity index (χ4n) is 2.50. The molecule has 2 atom stereocenters. The number of likely N-dealkylation sites (tertiary alicyclic amines) is 1. The summed E-state index contributed by atoms with van der Waals surface area (Å²) >= 11 is 0. The van der Waals surface area contributed by atoms with E-state index < -0.39 is 11.4 Å². The third-order valence-corrected chi connectivity index (χ3v) is 4.09. The summed E-state index contributed by atoms with van der Waals surface area (Å²) in [7, 11) is 0. The number of amides is 1. The molecule has 106 valence electrons. The molecule has 4 nitrogen and oxygen atoms in total.